The van der Waals surface area contributed by atoms with E-state index in [0.717, 1.165) is 22.4 Å². The molecule has 1 fully saturated rings. The highest BCUT2D eigenvalue weighted by atomic mass is 32.2. The van der Waals surface area contributed by atoms with Crippen molar-refractivity contribution in [1.29, 1.82) is 0 Å². The third kappa shape index (κ3) is 3.00. The van der Waals surface area contributed by atoms with Crippen LogP contribution >= 0.6 is 0 Å². The standard InChI is InChI=1S/C16H25NO4S/c1-10-7-15(13(4)14(5)16(10)20-6)22(18,19)17-8-11(2)21-12(3)9-17/h7,11-12H,8-9H2,1-6H3. The van der Waals surface area contributed by atoms with E-state index in [1.165, 1.54) is 4.31 Å². The normalized spacial score (nSPS) is 23.5. The Kier molecular flexibility index (Phi) is 4.84. The largest absolute Gasteiger partial charge is 0.496 e. The van der Waals surface area contributed by atoms with E-state index in [9.17, 15) is 8.42 Å². The number of hydrogen-bond acceptors (Lipinski definition) is 4. The van der Waals surface area contributed by atoms with Crippen molar-refractivity contribution < 1.29 is 17.9 Å². The van der Waals surface area contributed by atoms with Crippen molar-refractivity contribution in [3.05, 3.63) is 22.8 Å². The number of rotatable bonds is 3. The van der Waals surface area contributed by atoms with Gasteiger partial charge in [0.15, 0.2) is 0 Å². The second-order valence-corrected chi connectivity index (χ2v) is 7.96. The first kappa shape index (κ1) is 17.2. The van der Waals surface area contributed by atoms with Crippen LogP contribution in [0.4, 0.5) is 0 Å². The van der Waals surface area contributed by atoms with Gasteiger partial charge in [0.25, 0.3) is 0 Å². The molecule has 1 aromatic carbocycles. The number of benzene rings is 1. The molecule has 0 aliphatic carbocycles. The highest BCUT2D eigenvalue weighted by molar-refractivity contribution is 7.89. The monoisotopic (exact) mass is 327 g/mol. The molecule has 2 atom stereocenters. The van der Waals surface area contributed by atoms with Crippen LogP contribution in [0.2, 0.25) is 0 Å². The van der Waals surface area contributed by atoms with E-state index < -0.39 is 10.0 Å². The van der Waals surface area contributed by atoms with Gasteiger partial charge in [0.1, 0.15) is 5.75 Å². The Morgan fingerprint density at radius 3 is 2.18 bits per heavy atom. The molecule has 0 bridgehead atoms. The maximum Gasteiger partial charge on any atom is 0.243 e. The summed E-state index contributed by atoms with van der Waals surface area (Å²) in [4.78, 5) is 0.365. The molecular weight excluding hydrogens is 302 g/mol. The van der Waals surface area contributed by atoms with E-state index in [0.29, 0.717) is 18.0 Å². The van der Waals surface area contributed by atoms with Gasteiger partial charge < -0.3 is 9.47 Å². The molecule has 1 saturated heterocycles. The van der Waals surface area contributed by atoms with E-state index in [2.05, 4.69) is 0 Å². The van der Waals surface area contributed by atoms with Crippen molar-refractivity contribution in [2.75, 3.05) is 20.2 Å². The number of sulfonamides is 1. The zero-order valence-electron chi connectivity index (χ0n) is 14.1. The van der Waals surface area contributed by atoms with Gasteiger partial charge in [-0.1, -0.05) is 0 Å². The van der Waals surface area contributed by atoms with Crippen LogP contribution in [0.5, 0.6) is 5.75 Å². The SMILES string of the molecule is COc1c(C)cc(S(=O)(=O)N2CC(C)OC(C)C2)c(C)c1C. The Morgan fingerprint density at radius 1 is 1.14 bits per heavy atom. The van der Waals surface area contributed by atoms with Gasteiger partial charge in [-0.05, 0) is 57.4 Å². The molecule has 22 heavy (non-hydrogen) atoms. The van der Waals surface area contributed by atoms with Crippen LogP contribution in [0.15, 0.2) is 11.0 Å². The van der Waals surface area contributed by atoms with Crippen molar-refractivity contribution in [3.8, 4) is 5.75 Å². The van der Waals surface area contributed by atoms with Gasteiger partial charge in [0.2, 0.25) is 10.0 Å². The lowest BCUT2D eigenvalue weighted by Gasteiger charge is -2.35. The van der Waals surface area contributed by atoms with Crippen molar-refractivity contribution in [2.45, 2.75) is 51.7 Å². The van der Waals surface area contributed by atoms with E-state index in [1.807, 2.05) is 34.6 Å². The predicted molar refractivity (Wildman–Crippen MR) is 86.0 cm³/mol. The van der Waals surface area contributed by atoms with Crippen LogP contribution in [0.1, 0.15) is 30.5 Å². The summed E-state index contributed by atoms with van der Waals surface area (Å²) < 4.78 is 38.6. The molecule has 6 heteroatoms. The molecule has 0 N–H and O–H groups in total. The van der Waals surface area contributed by atoms with Gasteiger partial charge in [-0.3, -0.25) is 0 Å². The number of nitrogens with zero attached hydrogens (tertiary/aromatic N) is 1. The average molecular weight is 327 g/mol. The molecule has 0 spiro atoms. The van der Waals surface area contributed by atoms with E-state index in [4.69, 9.17) is 9.47 Å². The first-order valence-electron chi connectivity index (χ1n) is 7.48. The highest BCUT2D eigenvalue weighted by Gasteiger charge is 2.33. The quantitative estimate of drug-likeness (QED) is 0.855. The molecule has 1 aliphatic heterocycles. The third-order valence-electron chi connectivity index (χ3n) is 4.19. The molecule has 1 heterocycles. The summed E-state index contributed by atoms with van der Waals surface area (Å²) in [5, 5.41) is 0. The molecule has 124 valence electrons. The predicted octanol–water partition coefficient (Wildman–Crippen LogP) is 2.42. The molecular formula is C16H25NO4S. The minimum atomic E-state index is -3.53. The van der Waals surface area contributed by atoms with Gasteiger partial charge in [0, 0.05) is 13.1 Å². The molecule has 0 amide bonds. The minimum Gasteiger partial charge on any atom is -0.496 e. The smallest absolute Gasteiger partial charge is 0.243 e. The van der Waals surface area contributed by atoms with Crippen molar-refractivity contribution >= 4 is 10.0 Å². The third-order valence-corrected chi connectivity index (χ3v) is 6.14. The molecule has 2 rings (SSSR count). The first-order valence-corrected chi connectivity index (χ1v) is 8.92. The van der Waals surface area contributed by atoms with Gasteiger partial charge in [-0.25, -0.2) is 8.42 Å². The zero-order chi connectivity index (χ0) is 16.7. The number of ether oxygens (including phenoxy) is 2. The maximum atomic E-state index is 13.0. The zero-order valence-corrected chi connectivity index (χ0v) is 15.0. The van der Waals surface area contributed by atoms with Gasteiger partial charge >= 0.3 is 0 Å². The number of aryl methyl sites for hydroxylation is 1. The van der Waals surface area contributed by atoms with Crippen molar-refractivity contribution in [1.82, 2.24) is 4.31 Å². The lowest BCUT2D eigenvalue weighted by atomic mass is 10.1. The van der Waals surface area contributed by atoms with Crippen LogP contribution in [0.3, 0.4) is 0 Å². The van der Waals surface area contributed by atoms with Crippen molar-refractivity contribution in [3.63, 3.8) is 0 Å². The van der Waals surface area contributed by atoms with E-state index in [-0.39, 0.29) is 12.2 Å². The van der Waals surface area contributed by atoms with Crippen LogP contribution in [0, 0.1) is 20.8 Å². The molecule has 1 aromatic rings. The molecule has 1 aliphatic rings. The molecule has 2 unspecified atom stereocenters. The van der Waals surface area contributed by atoms with Gasteiger partial charge in [-0.15, -0.1) is 0 Å². The Morgan fingerprint density at radius 2 is 1.68 bits per heavy atom. The number of hydrogen-bond donors (Lipinski definition) is 0. The summed E-state index contributed by atoms with van der Waals surface area (Å²) >= 11 is 0. The molecule has 0 saturated carbocycles. The Labute approximate surface area is 133 Å². The van der Waals surface area contributed by atoms with E-state index in [1.54, 1.807) is 13.2 Å². The summed E-state index contributed by atoms with van der Waals surface area (Å²) in [5.74, 6) is 0.750. The van der Waals surface area contributed by atoms with Crippen LogP contribution < -0.4 is 4.74 Å². The lowest BCUT2D eigenvalue weighted by molar-refractivity contribution is -0.0440. The molecule has 0 aromatic heterocycles. The van der Waals surface area contributed by atoms with Gasteiger partial charge in [0.05, 0.1) is 24.2 Å². The summed E-state index contributed by atoms with van der Waals surface area (Å²) in [6.07, 6.45) is -0.196. The fourth-order valence-electron chi connectivity index (χ4n) is 3.07. The second-order valence-electron chi connectivity index (χ2n) is 6.05. The van der Waals surface area contributed by atoms with Gasteiger partial charge in [-0.2, -0.15) is 4.31 Å². The summed E-state index contributed by atoms with van der Waals surface area (Å²) in [7, 11) is -1.93. The Bertz CT molecular complexity index is 659. The summed E-state index contributed by atoms with van der Waals surface area (Å²) in [6, 6.07) is 1.71. The minimum absolute atomic E-state index is 0.0979. The lowest BCUT2D eigenvalue weighted by Crippen LogP contribution is -2.48. The number of methoxy groups -OCH3 is 1. The van der Waals surface area contributed by atoms with Crippen LogP contribution in [-0.4, -0.2) is 45.1 Å². The second kappa shape index (κ2) is 6.18. The summed E-state index contributed by atoms with van der Waals surface area (Å²) in [5.41, 5.74) is 2.45. The Hall–Kier alpha value is -1.11. The van der Waals surface area contributed by atoms with Crippen LogP contribution in [-0.2, 0) is 14.8 Å². The summed E-state index contributed by atoms with van der Waals surface area (Å²) in [6.45, 7) is 10.2. The average Bonchev–Trinajstić information content (AvgIpc) is 2.42. The Balaban J connectivity index is 2.50. The topological polar surface area (TPSA) is 55.8 Å². The fraction of sp³-hybridized carbons (Fsp3) is 0.625. The fourth-order valence-corrected chi connectivity index (χ4v) is 5.03. The van der Waals surface area contributed by atoms with E-state index >= 15 is 0 Å². The van der Waals surface area contributed by atoms with Crippen LogP contribution in [0.25, 0.3) is 0 Å². The highest BCUT2D eigenvalue weighted by Crippen LogP contribution is 2.33. The molecule has 0 radical (unpaired) electrons. The van der Waals surface area contributed by atoms with Crippen molar-refractivity contribution in [2.24, 2.45) is 0 Å². The molecule has 5 nitrogen and oxygen atoms in total. The maximum absolute atomic E-state index is 13.0. The first-order chi connectivity index (χ1) is 10.2. The number of morpholine rings is 1.